The second kappa shape index (κ2) is 5.88. The summed E-state index contributed by atoms with van der Waals surface area (Å²) in [5.41, 5.74) is 1.57. The first-order chi connectivity index (χ1) is 10.8. The van der Waals surface area contributed by atoms with E-state index >= 15 is 0 Å². The third kappa shape index (κ3) is 2.36. The largest absolute Gasteiger partial charge is 0.338 e. The fourth-order valence-corrected chi connectivity index (χ4v) is 5.45. The maximum absolute atomic E-state index is 12.5. The van der Waals surface area contributed by atoms with Crippen molar-refractivity contribution in [3.8, 4) is 0 Å². The summed E-state index contributed by atoms with van der Waals surface area (Å²) in [7, 11) is 0. The van der Waals surface area contributed by atoms with Gasteiger partial charge in [0, 0.05) is 25.7 Å². The minimum absolute atomic E-state index is 0.150. The van der Waals surface area contributed by atoms with E-state index in [1.54, 1.807) is 5.57 Å². The van der Waals surface area contributed by atoms with Crippen LogP contribution in [0.1, 0.15) is 45.4 Å². The van der Waals surface area contributed by atoms with Crippen molar-refractivity contribution in [1.82, 2.24) is 15.1 Å². The van der Waals surface area contributed by atoms with Crippen LogP contribution in [0.25, 0.3) is 0 Å². The number of piperidine rings is 3. The third-order valence-corrected chi connectivity index (χ3v) is 6.25. The predicted molar refractivity (Wildman–Crippen MR) is 87.7 cm³/mol. The number of carbonyl (C=O) groups is 1. The topological polar surface area (TPSA) is 35.6 Å². The van der Waals surface area contributed by atoms with Crippen molar-refractivity contribution in [1.29, 1.82) is 0 Å². The van der Waals surface area contributed by atoms with Gasteiger partial charge in [-0.05, 0) is 57.4 Å². The molecular weight excluding hydrogens is 274 g/mol. The number of hydrogen-bond donors (Lipinski definition) is 1. The van der Waals surface area contributed by atoms with E-state index < -0.39 is 0 Å². The summed E-state index contributed by atoms with van der Waals surface area (Å²) >= 11 is 0. The molecule has 4 atom stereocenters. The average Bonchev–Trinajstić information content (AvgIpc) is 2.54. The standard InChI is InChI=1S/C18H29N3O/c1-2-19-18(22)21-9-5-6-13-10-14-11-15(17(13)21)12-20-8-4-3-7-16(14)20/h10,14-17H,2-9,11-12H2,1H3,(H,19,22). The average molecular weight is 303 g/mol. The minimum atomic E-state index is 0.150. The van der Waals surface area contributed by atoms with Crippen LogP contribution in [0.3, 0.4) is 0 Å². The Balaban J connectivity index is 1.61. The van der Waals surface area contributed by atoms with E-state index in [0.29, 0.717) is 12.0 Å². The van der Waals surface area contributed by atoms with Crippen molar-refractivity contribution in [3.63, 3.8) is 0 Å². The fourth-order valence-electron chi connectivity index (χ4n) is 5.45. The van der Waals surface area contributed by atoms with Gasteiger partial charge in [0.15, 0.2) is 0 Å². The second-order valence-corrected chi connectivity index (χ2v) is 7.54. The molecule has 0 aromatic carbocycles. The number of rotatable bonds is 1. The normalized spacial score (nSPS) is 37.9. The molecule has 0 saturated carbocycles. The van der Waals surface area contributed by atoms with E-state index in [1.807, 2.05) is 6.92 Å². The van der Waals surface area contributed by atoms with Crippen molar-refractivity contribution in [2.75, 3.05) is 26.2 Å². The highest BCUT2D eigenvalue weighted by Gasteiger charge is 2.46. The summed E-state index contributed by atoms with van der Waals surface area (Å²) in [4.78, 5) is 17.3. The van der Waals surface area contributed by atoms with E-state index in [9.17, 15) is 4.79 Å². The summed E-state index contributed by atoms with van der Waals surface area (Å²) in [6.07, 6.45) is 10.4. The van der Waals surface area contributed by atoms with Crippen LogP contribution in [-0.4, -0.2) is 54.1 Å². The van der Waals surface area contributed by atoms with Gasteiger partial charge in [0.2, 0.25) is 0 Å². The zero-order valence-corrected chi connectivity index (χ0v) is 13.8. The van der Waals surface area contributed by atoms with E-state index in [2.05, 4.69) is 21.2 Å². The lowest BCUT2D eigenvalue weighted by Gasteiger charge is -2.54. The van der Waals surface area contributed by atoms with Gasteiger partial charge in [-0.3, -0.25) is 4.90 Å². The van der Waals surface area contributed by atoms with Crippen LogP contribution in [0.2, 0.25) is 0 Å². The maximum Gasteiger partial charge on any atom is 0.317 e. The van der Waals surface area contributed by atoms with Gasteiger partial charge < -0.3 is 10.2 Å². The Morgan fingerprint density at radius 2 is 2.23 bits per heavy atom. The molecule has 122 valence electrons. The predicted octanol–water partition coefficient (Wildman–Crippen LogP) is 2.61. The smallest absolute Gasteiger partial charge is 0.317 e. The van der Waals surface area contributed by atoms with Gasteiger partial charge >= 0.3 is 6.03 Å². The number of hydrogen-bond acceptors (Lipinski definition) is 2. The van der Waals surface area contributed by atoms with Gasteiger partial charge in [0.25, 0.3) is 0 Å². The molecule has 0 radical (unpaired) electrons. The Morgan fingerprint density at radius 1 is 1.32 bits per heavy atom. The molecule has 3 saturated heterocycles. The molecule has 0 aromatic heterocycles. The maximum atomic E-state index is 12.5. The van der Waals surface area contributed by atoms with Crippen LogP contribution in [0.5, 0.6) is 0 Å². The molecule has 4 unspecified atom stereocenters. The minimum Gasteiger partial charge on any atom is -0.338 e. The van der Waals surface area contributed by atoms with Crippen molar-refractivity contribution in [2.45, 2.75) is 57.5 Å². The molecule has 4 rings (SSSR count). The fraction of sp³-hybridized carbons (Fsp3) is 0.833. The van der Waals surface area contributed by atoms with E-state index in [0.717, 1.165) is 31.5 Å². The summed E-state index contributed by atoms with van der Waals surface area (Å²) in [6.45, 7) is 6.14. The first kappa shape index (κ1) is 14.6. The monoisotopic (exact) mass is 303 g/mol. The number of urea groups is 1. The number of amides is 2. The summed E-state index contributed by atoms with van der Waals surface area (Å²) < 4.78 is 0. The molecular formula is C18H29N3O. The van der Waals surface area contributed by atoms with Gasteiger partial charge in [0.05, 0.1) is 6.04 Å². The molecule has 3 heterocycles. The molecule has 0 spiro atoms. The number of carbonyl (C=O) groups excluding carboxylic acids is 1. The summed E-state index contributed by atoms with van der Waals surface area (Å²) in [5, 5.41) is 3.02. The first-order valence-corrected chi connectivity index (χ1v) is 9.27. The second-order valence-electron chi connectivity index (χ2n) is 7.54. The first-order valence-electron chi connectivity index (χ1n) is 9.27. The lowest BCUT2D eigenvalue weighted by atomic mass is 9.68. The van der Waals surface area contributed by atoms with Gasteiger partial charge in [-0.2, -0.15) is 0 Å². The quantitative estimate of drug-likeness (QED) is 0.756. The SMILES string of the molecule is CCNC(=O)N1CCCC2=CC3CC(CN4CCCCC34)C21. The van der Waals surface area contributed by atoms with E-state index in [-0.39, 0.29) is 6.03 Å². The van der Waals surface area contributed by atoms with Crippen molar-refractivity contribution in [2.24, 2.45) is 11.8 Å². The number of nitrogens with one attached hydrogen (secondary N) is 1. The Labute approximate surface area is 133 Å². The number of fused-ring (bicyclic) bond motifs is 6. The zero-order chi connectivity index (χ0) is 15.1. The van der Waals surface area contributed by atoms with Gasteiger partial charge in [-0.25, -0.2) is 4.79 Å². The van der Waals surface area contributed by atoms with E-state index in [4.69, 9.17) is 0 Å². The van der Waals surface area contributed by atoms with Crippen molar-refractivity contribution in [3.05, 3.63) is 11.6 Å². The highest BCUT2D eigenvalue weighted by atomic mass is 16.2. The van der Waals surface area contributed by atoms with Crippen LogP contribution < -0.4 is 5.32 Å². The highest BCUT2D eigenvalue weighted by Crippen LogP contribution is 2.44. The highest BCUT2D eigenvalue weighted by molar-refractivity contribution is 5.75. The molecule has 4 aliphatic rings. The zero-order valence-electron chi connectivity index (χ0n) is 13.8. The molecule has 4 heteroatoms. The molecule has 0 aromatic rings. The number of likely N-dealkylation sites (tertiary alicyclic amines) is 1. The molecule has 3 fully saturated rings. The summed E-state index contributed by atoms with van der Waals surface area (Å²) in [6, 6.07) is 1.31. The van der Waals surface area contributed by atoms with Crippen LogP contribution in [0.4, 0.5) is 4.79 Å². The van der Waals surface area contributed by atoms with E-state index in [1.165, 1.54) is 45.2 Å². The van der Waals surface area contributed by atoms with Crippen LogP contribution in [0, 0.1) is 11.8 Å². The van der Waals surface area contributed by atoms with Crippen LogP contribution >= 0.6 is 0 Å². The van der Waals surface area contributed by atoms with Crippen LogP contribution in [-0.2, 0) is 0 Å². The molecule has 1 aliphatic carbocycles. The van der Waals surface area contributed by atoms with Gasteiger partial charge in [0.1, 0.15) is 0 Å². The number of nitrogens with zero attached hydrogens (tertiary/aromatic N) is 2. The third-order valence-electron chi connectivity index (χ3n) is 6.25. The lowest BCUT2D eigenvalue weighted by Crippen LogP contribution is -2.61. The van der Waals surface area contributed by atoms with Gasteiger partial charge in [-0.1, -0.05) is 18.1 Å². The molecule has 2 bridgehead atoms. The molecule has 1 N–H and O–H groups in total. The molecule has 3 aliphatic heterocycles. The Bertz CT molecular complexity index is 475. The Hall–Kier alpha value is -1.03. The Kier molecular flexibility index (Phi) is 3.89. The molecule has 22 heavy (non-hydrogen) atoms. The van der Waals surface area contributed by atoms with Crippen LogP contribution in [0.15, 0.2) is 11.6 Å². The molecule has 4 nitrogen and oxygen atoms in total. The van der Waals surface area contributed by atoms with Crippen molar-refractivity contribution >= 4 is 6.03 Å². The molecule has 2 amide bonds. The lowest BCUT2D eigenvalue weighted by molar-refractivity contribution is 0.00795. The van der Waals surface area contributed by atoms with Gasteiger partial charge in [-0.15, -0.1) is 0 Å². The van der Waals surface area contributed by atoms with Crippen molar-refractivity contribution < 1.29 is 4.79 Å². The summed E-state index contributed by atoms with van der Waals surface area (Å²) in [5.74, 6) is 1.40. The Morgan fingerprint density at radius 3 is 3.09 bits per heavy atom.